The van der Waals surface area contributed by atoms with Crippen LogP contribution in [0.25, 0.3) is 0 Å². The normalized spacial score (nSPS) is 14.3. The Bertz CT molecular complexity index is 763. The molecule has 6 nitrogen and oxygen atoms in total. The molecule has 0 aliphatic carbocycles. The zero-order chi connectivity index (χ0) is 16.1. The first-order valence-corrected chi connectivity index (χ1v) is 8.92. The number of sulfonamides is 1. The third kappa shape index (κ3) is 4.00. The average molecular weight is 334 g/mol. The lowest BCUT2D eigenvalue weighted by atomic mass is 10.2. The Hall–Kier alpha value is -2.12. The van der Waals surface area contributed by atoms with Gasteiger partial charge in [-0.05, 0) is 30.2 Å². The van der Waals surface area contributed by atoms with Crippen LogP contribution >= 0.6 is 0 Å². The molecule has 0 saturated heterocycles. The number of benzene rings is 1. The highest BCUT2D eigenvalue weighted by Gasteiger charge is 2.18. The van der Waals surface area contributed by atoms with Crippen molar-refractivity contribution in [3.63, 3.8) is 0 Å². The Morgan fingerprint density at radius 3 is 2.74 bits per heavy atom. The molecule has 7 heteroatoms. The molecule has 0 amide bonds. The second-order valence-electron chi connectivity index (χ2n) is 5.17. The van der Waals surface area contributed by atoms with E-state index in [1.165, 1.54) is 12.1 Å². The number of hydrogen-bond donors (Lipinski definition) is 1. The molecule has 0 spiro atoms. The molecule has 2 aromatic rings. The van der Waals surface area contributed by atoms with Crippen molar-refractivity contribution in [2.45, 2.75) is 17.7 Å². The summed E-state index contributed by atoms with van der Waals surface area (Å²) >= 11 is 0. The molecule has 3 rings (SSSR count). The highest BCUT2D eigenvalue weighted by molar-refractivity contribution is 7.89. The van der Waals surface area contributed by atoms with E-state index < -0.39 is 10.0 Å². The van der Waals surface area contributed by atoms with Crippen molar-refractivity contribution >= 4 is 10.0 Å². The van der Waals surface area contributed by atoms with Crippen LogP contribution in [0.4, 0.5) is 0 Å². The molecule has 0 atom stereocenters. The predicted octanol–water partition coefficient (Wildman–Crippen LogP) is 1.76. The number of nitrogens with one attached hydrogen (secondary N) is 1. The molecule has 0 bridgehead atoms. The zero-order valence-electron chi connectivity index (χ0n) is 12.6. The van der Waals surface area contributed by atoms with E-state index in [0.29, 0.717) is 37.7 Å². The summed E-state index contributed by atoms with van der Waals surface area (Å²) in [5, 5.41) is 0. The van der Waals surface area contributed by atoms with Crippen molar-refractivity contribution in [1.29, 1.82) is 0 Å². The molecule has 2 heterocycles. The summed E-state index contributed by atoms with van der Waals surface area (Å²) in [6, 6.07) is 8.41. The predicted molar refractivity (Wildman–Crippen MR) is 85.2 cm³/mol. The molecule has 0 saturated carbocycles. The minimum Gasteiger partial charge on any atom is -0.490 e. The topological polar surface area (TPSA) is 77.5 Å². The van der Waals surface area contributed by atoms with Crippen LogP contribution in [0.5, 0.6) is 11.5 Å². The van der Waals surface area contributed by atoms with Gasteiger partial charge in [-0.3, -0.25) is 4.98 Å². The number of aromatic nitrogens is 1. The molecule has 0 unspecified atom stereocenters. The number of hydrogen-bond acceptors (Lipinski definition) is 5. The largest absolute Gasteiger partial charge is 0.490 e. The van der Waals surface area contributed by atoms with E-state index in [1.807, 2.05) is 12.1 Å². The summed E-state index contributed by atoms with van der Waals surface area (Å²) in [6.45, 7) is 1.40. The van der Waals surface area contributed by atoms with E-state index in [1.54, 1.807) is 18.5 Å². The van der Waals surface area contributed by atoms with Gasteiger partial charge < -0.3 is 9.47 Å². The van der Waals surface area contributed by atoms with Gasteiger partial charge in [-0.15, -0.1) is 0 Å². The van der Waals surface area contributed by atoms with Crippen LogP contribution in [0.1, 0.15) is 12.0 Å². The minimum atomic E-state index is -3.58. The summed E-state index contributed by atoms with van der Waals surface area (Å²) in [5.74, 6) is 1.05. The highest BCUT2D eigenvalue weighted by Crippen LogP contribution is 2.31. The standard InChI is InChI=1S/C16H18N2O4S/c19-23(20,18-8-6-13-3-1-7-17-12-13)14-4-5-15-16(11-14)22-10-2-9-21-15/h1,3-5,7,11-12,18H,2,6,8-10H2. The Morgan fingerprint density at radius 1 is 1.13 bits per heavy atom. The first-order chi connectivity index (χ1) is 11.1. The van der Waals surface area contributed by atoms with E-state index in [4.69, 9.17) is 9.47 Å². The molecule has 0 radical (unpaired) electrons. The molecular weight excluding hydrogens is 316 g/mol. The summed E-state index contributed by atoms with van der Waals surface area (Å²) in [5.41, 5.74) is 0.980. The van der Waals surface area contributed by atoms with Crippen molar-refractivity contribution in [3.05, 3.63) is 48.3 Å². The molecule has 1 N–H and O–H groups in total. The van der Waals surface area contributed by atoms with Gasteiger partial charge in [-0.1, -0.05) is 6.07 Å². The second kappa shape index (κ2) is 6.97. The van der Waals surface area contributed by atoms with Crippen LogP contribution in [0.2, 0.25) is 0 Å². The number of ether oxygens (including phenoxy) is 2. The number of nitrogens with zero attached hydrogens (tertiary/aromatic N) is 1. The van der Waals surface area contributed by atoms with Gasteiger partial charge in [-0.25, -0.2) is 13.1 Å². The van der Waals surface area contributed by atoms with Crippen molar-refractivity contribution in [1.82, 2.24) is 9.71 Å². The Labute approximate surface area is 135 Å². The maximum absolute atomic E-state index is 12.4. The van der Waals surface area contributed by atoms with Crippen molar-refractivity contribution in [3.8, 4) is 11.5 Å². The van der Waals surface area contributed by atoms with Gasteiger partial charge in [-0.2, -0.15) is 0 Å². The molecule has 1 aromatic carbocycles. The Balaban J connectivity index is 1.68. The van der Waals surface area contributed by atoms with Gasteiger partial charge in [0.15, 0.2) is 11.5 Å². The van der Waals surface area contributed by atoms with Crippen molar-refractivity contribution < 1.29 is 17.9 Å². The van der Waals surface area contributed by atoms with Crippen LogP contribution < -0.4 is 14.2 Å². The van der Waals surface area contributed by atoms with Crippen LogP contribution in [-0.2, 0) is 16.4 Å². The second-order valence-corrected chi connectivity index (χ2v) is 6.94. The molecule has 122 valence electrons. The van der Waals surface area contributed by atoms with Crippen LogP contribution in [0.3, 0.4) is 0 Å². The monoisotopic (exact) mass is 334 g/mol. The fraction of sp³-hybridized carbons (Fsp3) is 0.312. The van der Waals surface area contributed by atoms with Gasteiger partial charge in [0.25, 0.3) is 0 Å². The van der Waals surface area contributed by atoms with Crippen LogP contribution in [0.15, 0.2) is 47.6 Å². The lowest BCUT2D eigenvalue weighted by Gasteiger charge is -2.11. The Morgan fingerprint density at radius 2 is 1.96 bits per heavy atom. The molecular formula is C16H18N2O4S. The maximum atomic E-state index is 12.4. The summed E-state index contributed by atoms with van der Waals surface area (Å²) in [7, 11) is -3.58. The third-order valence-electron chi connectivity index (χ3n) is 3.46. The van der Waals surface area contributed by atoms with Gasteiger partial charge in [0.05, 0.1) is 18.1 Å². The molecule has 1 aliphatic rings. The number of fused-ring (bicyclic) bond motifs is 1. The van der Waals surface area contributed by atoms with Crippen LogP contribution in [-0.4, -0.2) is 33.2 Å². The quantitative estimate of drug-likeness (QED) is 0.901. The number of rotatable bonds is 5. The first kappa shape index (κ1) is 15.8. The van der Waals surface area contributed by atoms with Crippen LogP contribution in [0, 0.1) is 0 Å². The summed E-state index contributed by atoms with van der Waals surface area (Å²) in [6.07, 6.45) is 4.77. The first-order valence-electron chi connectivity index (χ1n) is 7.43. The summed E-state index contributed by atoms with van der Waals surface area (Å²) in [4.78, 5) is 4.18. The van der Waals surface area contributed by atoms with Gasteiger partial charge in [0.2, 0.25) is 10.0 Å². The van der Waals surface area contributed by atoms with E-state index >= 15 is 0 Å². The lowest BCUT2D eigenvalue weighted by Crippen LogP contribution is -2.26. The lowest BCUT2D eigenvalue weighted by molar-refractivity contribution is 0.297. The van der Waals surface area contributed by atoms with E-state index in [0.717, 1.165) is 12.0 Å². The fourth-order valence-corrected chi connectivity index (χ4v) is 3.32. The minimum absolute atomic E-state index is 0.174. The zero-order valence-corrected chi connectivity index (χ0v) is 13.4. The smallest absolute Gasteiger partial charge is 0.240 e. The molecule has 1 aromatic heterocycles. The molecule has 23 heavy (non-hydrogen) atoms. The maximum Gasteiger partial charge on any atom is 0.240 e. The molecule has 0 fully saturated rings. The molecule has 1 aliphatic heterocycles. The third-order valence-corrected chi connectivity index (χ3v) is 4.92. The SMILES string of the molecule is O=S(=O)(NCCc1cccnc1)c1ccc2c(c1)OCCCO2. The van der Waals surface area contributed by atoms with E-state index in [9.17, 15) is 8.42 Å². The van der Waals surface area contributed by atoms with Gasteiger partial charge in [0, 0.05) is 31.4 Å². The van der Waals surface area contributed by atoms with Gasteiger partial charge in [0.1, 0.15) is 0 Å². The van der Waals surface area contributed by atoms with E-state index in [-0.39, 0.29) is 4.90 Å². The fourth-order valence-electron chi connectivity index (χ4n) is 2.27. The van der Waals surface area contributed by atoms with Crippen molar-refractivity contribution in [2.24, 2.45) is 0 Å². The van der Waals surface area contributed by atoms with Gasteiger partial charge >= 0.3 is 0 Å². The highest BCUT2D eigenvalue weighted by atomic mass is 32.2. The van der Waals surface area contributed by atoms with Crippen molar-refractivity contribution in [2.75, 3.05) is 19.8 Å². The average Bonchev–Trinajstić information content (AvgIpc) is 2.80. The number of pyridine rings is 1. The van der Waals surface area contributed by atoms with E-state index in [2.05, 4.69) is 9.71 Å². The Kier molecular flexibility index (Phi) is 4.78. The summed E-state index contributed by atoms with van der Waals surface area (Å²) < 4.78 is 38.4.